The molecular formula is C12H13NO3S. The molecular weight excluding hydrogens is 238 g/mol. The van der Waals surface area contributed by atoms with Crippen LogP contribution in [0.3, 0.4) is 0 Å². The largest absolute Gasteiger partial charge is 0.495 e. The highest BCUT2D eigenvalue weighted by Gasteiger charge is 2.16. The lowest BCUT2D eigenvalue weighted by Crippen LogP contribution is -2.24. The smallest absolute Gasteiger partial charge is 0.287 e. The Balaban J connectivity index is 2.48. The first kappa shape index (κ1) is 11.9. The summed E-state index contributed by atoms with van der Waals surface area (Å²) in [5.41, 5.74) is 0. The summed E-state index contributed by atoms with van der Waals surface area (Å²) in [7, 11) is 4.67. The normalized spacial score (nSPS) is 10.5. The molecule has 0 radical (unpaired) electrons. The van der Waals surface area contributed by atoms with Gasteiger partial charge >= 0.3 is 0 Å². The van der Waals surface area contributed by atoms with Crippen LogP contribution in [0.25, 0.3) is 10.1 Å². The molecule has 1 amide bonds. The van der Waals surface area contributed by atoms with Crippen molar-refractivity contribution in [2.45, 2.75) is 0 Å². The van der Waals surface area contributed by atoms with Crippen molar-refractivity contribution in [3.8, 4) is 5.75 Å². The molecule has 0 unspecified atom stereocenters. The van der Waals surface area contributed by atoms with Crippen molar-refractivity contribution in [3.63, 3.8) is 0 Å². The summed E-state index contributed by atoms with van der Waals surface area (Å²) in [6, 6.07) is 7.59. The summed E-state index contributed by atoms with van der Waals surface area (Å²) < 4.78 is 6.24. The first-order valence-corrected chi connectivity index (χ1v) is 5.87. The third-order valence-corrected chi connectivity index (χ3v) is 3.65. The molecule has 0 atom stereocenters. The molecule has 90 valence electrons. The molecule has 2 aromatic rings. The van der Waals surface area contributed by atoms with Gasteiger partial charge in [0.15, 0.2) is 0 Å². The Bertz CT molecular complexity index is 550. The van der Waals surface area contributed by atoms with Crippen LogP contribution in [-0.4, -0.2) is 32.2 Å². The van der Waals surface area contributed by atoms with Crippen molar-refractivity contribution in [2.24, 2.45) is 0 Å². The number of amides is 1. The van der Waals surface area contributed by atoms with Gasteiger partial charge in [0.2, 0.25) is 0 Å². The van der Waals surface area contributed by atoms with Crippen LogP contribution in [0.15, 0.2) is 24.3 Å². The molecule has 2 rings (SSSR count). The van der Waals surface area contributed by atoms with Gasteiger partial charge in [0.05, 0.1) is 23.8 Å². The number of methoxy groups -OCH3 is 1. The highest BCUT2D eigenvalue weighted by Crippen LogP contribution is 2.33. The predicted octanol–water partition coefficient (Wildman–Crippen LogP) is 2.54. The lowest BCUT2D eigenvalue weighted by molar-refractivity contribution is -0.0753. The summed E-state index contributed by atoms with van der Waals surface area (Å²) in [5.74, 6) is 0.627. The van der Waals surface area contributed by atoms with E-state index in [0.717, 1.165) is 15.8 Å². The number of fused-ring (bicyclic) bond motifs is 1. The van der Waals surface area contributed by atoms with Gasteiger partial charge in [-0.2, -0.15) is 0 Å². The van der Waals surface area contributed by atoms with Gasteiger partial charge in [-0.1, -0.05) is 12.1 Å². The minimum atomic E-state index is -0.157. The molecule has 5 heteroatoms. The van der Waals surface area contributed by atoms with Gasteiger partial charge in [-0.05, 0) is 17.5 Å². The monoisotopic (exact) mass is 251 g/mol. The molecule has 0 bridgehead atoms. The van der Waals surface area contributed by atoms with E-state index in [0.29, 0.717) is 4.88 Å². The van der Waals surface area contributed by atoms with Gasteiger partial charge in [-0.15, -0.1) is 11.3 Å². The molecule has 0 saturated carbocycles. The fourth-order valence-electron chi connectivity index (χ4n) is 1.54. The predicted molar refractivity (Wildman–Crippen MR) is 67.5 cm³/mol. The number of carbonyl (C=O) groups excluding carboxylic acids is 1. The molecule has 0 N–H and O–H groups in total. The second-order valence-electron chi connectivity index (χ2n) is 3.47. The highest BCUT2D eigenvalue weighted by atomic mass is 32.1. The van der Waals surface area contributed by atoms with Crippen LogP contribution in [0.5, 0.6) is 5.75 Å². The van der Waals surface area contributed by atoms with E-state index in [1.165, 1.54) is 23.5 Å². The van der Waals surface area contributed by atoms with Crippen LogP contribution < -0.4 is 4.74 Å². The van der Waals surface area contributed by atoms with E-state index in [1.807, 2.05) is 24.3 Å². The van der Waals surface area contributed by atoms with Crippen molar-refractivity contribution >= 4 is 27.3 Å². The Kier molecular flexibility index (Phi) is 3.31. The molecule has 1 heterocycles. The zero-order chi connectivity index (χ0) is 12.4. The quantitative estimate of drug-likeness (QED) is 0.787. The van der Waals surface area contributed by atoms with E-state index in [-0.39, 0.29) is 5.91 Å². The lowest BCUT2D eigenvalue weighted by atomic mass is 10.2. The third kappa shape index (κ3) is 2.11. The van der Waals surface area contributed by atoms with Crippen molar-refractivity contribution < 1.29 is 14.4 Å². The maximum absolute atomic E-state index is 11.9. The number of hydroxylamine groups is 2. The zero-order valence-corrected chi connectivity index (χ0v) is 10.7. The Morgan fingerprint density at radius 1 is 1.35 bits per heavy atom. The molecule has 0 aliphatic heterocycles. The second kappa shape index (κ2) is 4.73. The minimum Gasteiger partial charge on any atom is -0.495 e. The fourth-order valence-corrected chi connectivity index (χ4v) is 2.66. The van der Waals surface area contributed by atoms with Crippen LogP contribution in [0.2, 0.25) is 0 Å². The van der Waals surface area contributed by atoms with Crippen molar-refractivity contribution in [1.82, 2.24) is 5.06 Å². The van der Waals surface area contributed by atoms with Gasteiger partial charge in [0, 0.05) is 7.05 Å². The Morgan fingerprint density at radius 2 is 2.12 bits per heavy atom. The average Bonchev–Trinajstić information content (AvgIpc) is 2.80. The highest BCUT2D eigenvalue weighted by molar-refractivity contribution is 7.21. The van der Waals surface area contributed by atoms with Crippen molar-refractivity contribution in [3.05, 3.63) is 29.1 Å². The Morgan fingerprint density at radius 3 is 2.76 bits per heavy atom. The van der Waals surface area contributed by atoms with Crippen molar-refractivity contribution in [2.75, 3.05) is 21.3 Å². The number of hydrogen-bond acceptors (Lipinski definition) is 4. The molecule has 0 fully saturated rings. The average molecular weight is 251 g/mol. The van der Waals surface area contributed by atoms with Crippen LogP contribution in [0.1, 0.15) is 9.67 Å². The van der Waals surface area contributed by atoms with Gasteiger partial charge in [-0.3, -0.25) is 9.63 Å². The molecule has 1 aromatic carbocycles. The number of carbonyl (C=O) groups is 1. The van der Waals surface area contributed by atoms with E-state index in [4.69, 9.17) is 9.57 Å². The van der Waals surface area contributed by atoms with Gasteiger partial charge in [-0.25, -0.2) is 5.06 Å². The van der Waals surface area contributed by atoms with Crippen molar-refractivity contribution in [1.29, 1.82) is 0 Å². The van der Waals surface area contributed by atoms with Crippen LogP contribution >= 0.6 is 11.3 Å². The Labute approximate surface area is 103 Å². The fraction of sp³-hybridized carbons (Fsp3) is 0.250. The SMILES string of the molecule is COc1cccc2cc(C(=O)N(C)OC)sc12. The van der Waals surface area contributed by atoms with E-state index < -0.39 is 0 Å². The molecule has 0 aliphatic rings. The summed E-state index contributed by atoms with van der Waals surface area (Å²) in [4.78, 5) is 17.4. The zero-order valence-electron chi connectivity index (χ0n) is 9.89. The number of nitrogens with zero attached hydrogens (tertiary/aromatic N) is 1. The first-order valence-electron chi connectivity index (χ1n) is 5.06. The summed E-state index contributed by atoms with van der Waals surface area (Å²) in [5, 5.41) is 2.21. The first-order chi connectivity index (χ1) is 8.17. The molecule has 1 aromatic heterocycles. The summed E-state index contributed by atoms with van der Waals surface area (Å²) in [6.45, 7) is 0. The molecule has 0 saturated heterocycles. The van der Waals surface area contributed by atoms with E-state index in [9.17, 15) is 4.79 Å². The van der Waals surface area contributed by atoms with Gasteiger partial charge < -0.3 is 4.74 Å². The molecule has 17 heavy (non-hydrogen) atoms. The number of hydrogen-bond donors (Lipinski definition) is 0. The third-order valence-electron chi connectivity index (χ3n) is 2.50. The number of ether oxygens (including phenoxy) is 1. The topological polar surface area (TPSA) is 38.8 Å². The van der Waals surface area contributed by atoms with E-state index in [1.54, 1.807) is 14.2 Å². The molecule has 0 aliphatic carbocycles. The van der Waals surface area contributed by atoms with Crippen LogP contribution in [0.4, 0.5) is 0 Å². The van der Waals surface area contributed by atoms with Crippen LogP contribution in [0, 0.1) is 0 Å². The summed E-state index contributed by atoms with van der Waals surface area (Å²) in [6.07, 6.45) is 0. The maximum Gasteiger partial charge on any atom is 0.287 e. The summed E-state index contributed by atoms with van der Waals surface area (Å²) >= 11 is 1.40. The molecule has 0 spiro atoms. The number of benzene rings is 1. The van der Waals surface area contributed by atoms with Gasteiger partial charge in [0.1, 0.15) is 5.75 Å². The van der Waals surface area contributed by atoms with Crippen LogP contribution in [-0.2, 0) is 4.84 Å². The standard InChI is InChI=1S/C12H13NO3S/c1-13(16-3)12(14)10-7-8-5-4-6-9(15-2)11(8)17-10/h4-7H,1-3H3. The molecule has 4 nitrogen and oxygen atoms in total. The second-order valence-corrected chi connectivity index (χ2v) is 4.53. The lowest BCUT2D eigenvalue weighted by Gasteiger charge is -2.11. The number of thiophene rings is 1. The minimum absolute atomic E-state index is 0.157. The van der Waals surface area contributed by atoms with E-state index in [2.05, 4.69) is 0 Å². The number of rotatable bonds is 3. The van der Waals surface area contributed by atoms with Gasteiger partial charge in [0.25, 0.3) is 5.91 Å². The maximum atomic E-state index is 11.9. The Hall–Kier alpha value is -1.59. The van der Waals surface area contributed by atoms with E-state index >= 15 is 0 Å².